The maximum absolute atomic E-state index is 10.8. The van der Waals surface area contributed by atoms with Crippen LogP contribution in [-0.2, 0) is 9.47 Å². The van der Waals surface area contributed by atoms with Crippen molar-refractivity contribution in [2.45, 2.75) is 13.8 Å². The second kappa shape index (κ2) is 9.91. The van der Waals surface area contributed by atoms with Crippen molar-refractivity contribution in [3.63, 3.8) is 0 Å². The fraction of sp³-hybridized carbons (Fsp3) is 0.533. The summed E-state index contributed by atoms with van der Waals surface area (Å²) in [7, 11) is 0. The van der Waals surface area contributed by atoms with Crippen molar-refractivity contribution in [2.75, 3.05) is 44.4 Å². The Kier molecular flexibility index (Phi) is 8.49. The smallest absolute Gasteiger partial charge is 0.150 e. The number of ether oxygens (including phenoxy) is 2. The molecule has 0 amide bonds. The maximum Gasteiger partial charge on any atom is 0.150 e. The Hall–Kier alpha value is -0.910. The molecule has 1 aromatic carbocycles. The van der Waals surface area contributed by atoms with E-state index in [0.717, 1.165) is 29.5 Å². The van der Waals surface area contributed by atoms with Crippen LogP contribution in [0.2, 0.25) is 0 Å². The summed E-state index contributed by atoms with van der Waals surface area (Å²) >= 11 is 3.52. The highest BCUT2D eigenvalue weighted by Crippen LogP contribution is 2.26. The predicted molar refractivity (Wildman–Crippen MR) is 84.7 cm³/mol. The van der Waals surface area contributed by atoms with Crippen LogP contribution >= 0.6 is 15.9 Å². The predicted octanol–water partition coefficient (Wildman–Crippen LogP) is 3.14. The minimum absolute atomic E-state index is 0.662. The Balaban J connectivity index is 2.76. The fourth-order valence-electron chi connectivity index (χ4n) is 1.84. The van der Waals surface area contributed by atoms with Gasteiger partial charge in [-0.05, 0) is 48.0 Å². The molecule has 0 aliphatic rings. The van der Waals surface area contributed by atoms with Crippen LogP contribution in [0.5, 0.6) is 0 Å². The first-order valence-electron chi connectivity index (χ1n) is 6.88. The first kappa shape index (κ1) is 17.1. The lowest BCUT2D eigenvalue weighted by Gasteiger charge is -2.26. The van der Waals surface area contributed by atoms with Gasteiger partial charge in [-0.3, -0.25) is 4.79 Å². The van der Waals surface area contributed by atoms with Crippen LogP contribution in [0.25, 0.3) is 0 Å². The summed E-state index contributed by atoms with van der Waals surface area (Å²) < 4.78 is 11.8. The van der Waals surface area contributed by atoms with Crippen molar-refractivity contribution in [3.05, 3.63) is 28.2 Å². The molecule has 20 heavy (non-hydrogen) atoms. The first-order chi connectivity index (χ1) is 9.72. The largest absolute Gasteiger partial charge is 0.380 e. The van der Waals surface area contributed by atoms with Gasteiger partial charge in [0.15, 0.2) is 0 Å². The van der Waals surface area contributed by atoms with E-state index in [1.807, 2.05) is 32.0 Å². The zero-order valence-electron chi connectivity index (χ0n) is 12.1. The number of anilines is 1. The number of nitrogens with zero attached hydrogens (tertiary/aromatic N) is 1. The number of rotatable bonds is 10. The van der Waals surface area contributed by atoms with Gasteiger partial charge < -0.3 is 14.4 Å². The van der Waals surface area contributed by atoms with Crippen molar-refractivity contribution in [2.24, 2.45) is 0 Å². The minimum Gasteiger partial charge on any atom is -0.380 e. The molecule has 0 aromatic heterocycles. The van der Waals surface area contributed by atoms with E-state index >= 15 is 0 Å². The molecule has 0 spiro atoms. The molecule has 0 saturated heterocycles. The zero-order chi connectivity index (χ0) is 14.8. The number of benzene rings is 1. The maximum atomic E-state index is 10.8. The second-order valence-electron chi connectivity index (χ2n) is 4.21. The molecule has 0 heterocycles. The molecule has 0 radical (unpaired) electrons. The van der Waals surface area contributed by atoms with Crippen molar-refractivity contribution < 1.29 is 14.3 Å². The van der Waals surface area contributed by atoms with Gasteiger partial charge in [-0.2, -0.15) is 0 Å². The van der Waals surface area contributed by atoms with Gasteiger partial charge in [0.05, 0.1) is 18.9 Å². The van der Waals surface area contributed by atoms with Gasteiger partial charge in [-0.1, -0.05) is 0 Å². The first-order valence-corrected chi connectivity index (χ1v) is 7.67. The van der Waals surface area contributed by atoms with Gasteiger partial charge in [0.2, 0.25) is 0 Å². The summed E-state index contributed by atoms with van der Waals surface area (Å²) in [6, 6.07) is 5.60. The molecule has 0 bridgehead atoms. The Morgan fingerprint density at radius 1 is 1.15 bits per heavy atom. The Morgan fingerprint density at radius 2 is 1.75 bits per heavy atom. The Labute approximate surface area is 129 Å². The van der Waals surface area contributed by atoms with Crippen LogP contribution in [0, 0.1) is 0 Å². The summed E-state index contributed by atoms with van der Waals surface area (Å²) in [6.07, 6.45) is 0.846. The lowest BCUT2D eigenvalue weighted by molar-refractivity contribution is 0.112. The van der Waals surface area contributed by atoms with E-state index in [1.54, 1.807) is 0 Å². The molecule has 112 valence electrons. The molecule has 0 aliphatic carbocycles. The van der Waals surface area contributed by atoms with Gasteiger partial charge in [-0.25, -0.2) is 0 Å². The van der Waals surface area contributed by atoms with Crippen LogP contribution in [-0.4, -0.2) is 45.8 Å². The lowest BCUT2D eigenvalue weighted by Crippen LogP contribution is -2.31. The van der Waals surface area contributed by atoms with Crippen LogP contribution < -0.4 is 4.90 Å². The van der Waals surface area contributed by atoms with E-state index in [-0.39, 0.29) is 0 Å². The van der Waals surface area contributed by atoms with Crippen LogP contribution in [0.3, 0.4) is 0 Å². The van der Waals surface area contributed by atoms with E-state index in [4.69, 9.17) is 9.47 Å². The third kappa shape index (κ3) is 5.61. The zero-order valence-corrected chi connectivity index (χ0v) is 13.7. The molecule has 0 N–H and O–H groups in total. The summed E-state index contributed by atoms with van der Waals surface area (Å²) in [5, 5.41) is 0. The molecular weight excluding hydrogens is 322 g/mol. The average molecular weight is 344 g/mol. The SMILES string of the molecule is CCOCCN(CCOCC)c1ccc(C=O)cc1Br. The van der Waals surface area contributed by atoms with E-state index in [9.17, 15) is 4.79 Å². The molecule has 1 rings (SSSR count). The second-order valence-corrected chi connectivity index (χ2v) is 5.06. The van der Waals surface area contributed by atoms with Gasteiger partial charge in [0, 0.05) is 36.3 Å². The van der Waals surface area contributed by atoms with Crippen molar-refractivity contribution in [1.82, 2.24) is 0 Å². The number of carbonyl (C=O) groups is 1. The Bertz CT molecular complexity index is 402. The van der Waals surface area contributed by atoms with Gasteiger partial charge in [-0.15, -0.1) is 0 Å². The van der Waals surface area contributed by atoms with Crippen LogP contribution in [0.15, 0.2) is 22.7 Å². The van der Waals surface area contributed by atoms with E-state index < -0.39 is 0 Å². The van der Waals surface area contributed by atoms with Crippen LogP contribution in [0.4, 0.5) is 5.69 Å². The molecule has 0 saturated carbocycles. The Morgan fingerprint density at radius 3 is 2.20 bits per heavy atom. The van der Waals surface area contributed by atoms with Gasteiger partial charge in [0.25, 0.3) is 0 Å². The number of aldehydes is 1. The van der Waals surface area contributed by atoms with Gasteiger partial charge in [0.1, 0.15) is 6.29 Å². The summed E-state index contributed by atoms with van der Waals surface area (Å²) in [4.78, 5) is 13.0. The highest BCUT2D eigenvalue weighted by atomic mass is 79.9. The molecule has 1 aromatic rings. The lowest BCUT2D eigenvalue weighted by atomic mass is 10.2. The van der Waals surface area contributed by atoms with E-state index in [0.29, 0.717) is 32.0 Å². The van der Waals surface area contributed by atoms with Crippen molar-refractivity contribution in [3.8, 4) is 0 Å². The third-order valence-corrected chi connectivity index (χ3v) is 3.50. The molecule has 5 heteroatoms. The van der Waals surface area contributed by atoms with Crippen LogP contribution in [0.1, 0.15) is 24.2 Å². The van der Waals surface area contributed by atoms with E-state index in [2.05, 4.69) is 20.8 Å². The number of halogens is 1. The highest BCUT2D eigenvalue weighted by Gasteiger charge is 2.10. The van der Waals surface area contributed by atoms with Crippen molar-refractivity contribution in [1.29, 1.82) is 0 Å². The molecule has 0 unspecified atom stereocenters. The summed E-state index contributed by atoms with van der Waals surface area (Å²) in [5.41, 5.74) is 1.71. The van der Waals surface area contributed by atoms with Crippen molar-refractivity contribution >= 4 is 27.9 Å². The molecule has 0 aliphatic heterocycles. The number of hydrogen-bond donors (Lipinski definition) is 0. The molecule has 4 nitrogen and oxygen atoms in total. The monoisotopic (exact) mass is 343 g/mol. The van der Waals surface area contributed by atoms with E-state index in [1.165, 1.54) is 0 Å². The highest BCUT2D eigenvalue weighted by molar-refractivity contribution is 9.10. The molecular formula is C15H22BrNO3. The third-order valence-electron chi connectivity index (χ3n) is 2.87. The standard InChI is InChI=1S/C15H22BrNO3/c1-3-19-9-7-17(8-10-20-4-2)15-6-5-13(12-18)11-14(15)16/h5-6,11-12H,3-4,7-10H2,1-2H3. The van der Waals surface area contributed by atoms with Gasteiger partial charge >= 0.3 is 0 Å². The normalized spacial score (nSPS) is 10.6. The quantitative estimate of drug-likeness (QED) is 0.483. The number of hydrogen-bond acceptors (Lipinski definition) is 4. The molecule has 0 atom stereocenters. The summed E-state index contributed by atoms with van der Waals surface area (Å²) in [6.45, 7) is 8.32. The summed E-state index contributed by atoms with van der Waals surface area (Å²) in [5.74, 6) is 0. The average Bonchev–Trinajstić information content (AvgIpc) is 2.46. The molecule has 0 fully saturated rings. The fourth-order valence-corrected chi connectivity index (χ4v) is 2.49. The number of carbonyl (C=O) groups excluding carboxylic acids is 1. The minimum atomic E-state index is 0.662. The topological polar surface area (TPSA) is 38.8 Å².